The van der Waals surface area contributed by atoms with Gasteiger partial charge in [-0.05, 0) is 31.2 Å². The molecule has 0 unspecified atom stereocenters. The van der Waals surface area contributed by atoms with E-state index >= 15 is 0 Å². The number of carbonyl (C=O) groups is 3. The van der Waals surface area contributed by atoms with E-state index in [1.807, 2.05) is 37.3 Å². The molecule has 29 heavy (non-hydrogen) atoms. The maximum absolute atomic E-state index is 12.8. The number of carbonyl (C=O) groups excluding carboxylic acids is 3. The number of thioether (sulfide) groups is 1. The van der Waals surface area contributed by atoms with Crippen LogP contribution in [0.5, 0.6) is 5.75 Å². The lowest BCUT2D eigenvalue weighted by Gasteiger charge is -2.34. The predicted molar refractivity (Wildman–Crippen MR) is 114 cm³/mol. The maximum atomic E-state index is 12.8. The van der Waals surface area contributed by atoms with Crippen LogP contribution in [-0.2, 0) is 14.4 Å². The number of hydrogen-bond acceptors (Lipinski definition) is 5. The molecule has 8 heteroatoms. The van der Waals surface area contributed by atoms with Gasteiger partial charge in [0.05, 0.1) is 23.7 Å². The molecule has 0 aromatic heterocycles. The third-order valence-corrected chi connectivity index (χ3v) is 5.32. The first-order chi connectivity index (χ1) is 14.0. The van der Waals surface area contributed by atoms with E-state index < -0.39 is 6.10 Å². The molecular formula is C21H23N3O4S. The molecule has 7 nitrogen and oxygen atoms in total. The zero-order valence-corrected chi connectivity index (χ0v) is 17.1. The van der Waals surface area contributed by atoms with Crippen LogP contribution in [0.15, 0.2) is 48.5 Å². The number of amides is 3. The Kier molecular flexibility index (Phi) is 6.77. The van der Waals surface area contributed by atoms with Gasteiger partial charge in [-0.25, -0.2) is 0 Å². The Labute approximate surface area is 173 Å². The smallest absolute Gasteiger partial charge is 0.262 e. The molecule has 3 rings (SSSR count). The molecule has 2 N–H and O–H groups in total. The van der Waals surface area contributed by atoms with Crippen LogP contribution in [-0.4, -0.2) is 48.9 Å². The summed E-state index contributed by atoms with van der Waals surface area (Å²) < 4.78 is 5.71. The van der Waals surface area contributed by atoms with E-state index in [4.69, 9.17) is 4.74 Å². The first kappa shape index (κ1) is 20.7. The molecule has 3 amide bonds. The number of nitrogens with zero attached hydrogens (tertiary/aromatic N) is 1. The molecule has 1 atom stereocenters. The van der Waals surface area contributed by atoms with Crippen molar-refractivity contribution in [3.05, 3.63) is 54.1 Å². The van der Waals surface area contributed by atoms with E-state index in [2.05, 4.69) is 10.6 Å². The monoisotopic (exact) mass is 413 g/mol. The number of nitrogens with one attached hydrogen (secondary N) is 2. The molecule has 0 fully saturated rings. The van der Waals surface area contributed by atoms with Crippen molar-refractivity contribution in [3.63, 3.8) is 0 Å². The van der Waals surface area contributed by atoms with Crippen LogP contribution in [0.3, 0.4) is 0 Å². The lowest BCUT2D eigenvalue weighted by Crippen LogP contribution is -2.50. The van der Waals surface area contributed by atoms with E-state index in [9.17, 15) is 14.4 Å². The number of hydrogen-bond donors (Lipinski definition) is 2. The largest absolute Gasteiger partial charge is 0.477 e. The Morgan fingerprint density at radius 3 is 2.55 bits per heavy atom. The fourth-order valence-electron chi connectivity index (χ4n) is 2.91. The molecule has 2 aromatic rings. The van der Waals surface area contributed by atoms with Gasteiger partial charge < -0.3 is 20.3 Å². The van der Waals surface area contributed by atoms with Crippen molar-refractivity contribution < 1.29 is 19.1 Å². The molecule has 0 radical (unpaired) electrons. The van der Waals surface area contributed by atoms with Crippen molar-refractivity contribution >= 4 is 40.9 Å². The zero-order valence-electron chi connectivity index (χ0n) is 16.3. The Hall–Kier alpha value is -3.00. The second kappa shape index (κ2) is 9.47. The average molecular weight is 413 g/mol. The third-order valence-electron chi connectivity index (χ3n) is 4.41. The van der Waals surface area contributed by atoms with Gasteiger partial charge in [0.25, 0.3) is 5.91 Å². The van der Waals surface area contributed by atoms with Gasteiger partial charge in [0.1, 0.15) is 5.75 Å². The standard InChI is InChI=1S/C21H23N3O4S/c1-14-7-9-15(10-8-14)23-19(25)12-29-13-20(26)24-11-18(21(27)22-2)28-17-6-4-3-5-16(17)24/h3-10,18H,11-13H2,1-2H3,(H,22,27)(H,23,25)/t18-/m1/s1. The number of likely N-dealkylation sites (N-methyl/N-ethyl adjacent to an activating group) is 1. The number of aryl methyl sites for hydroxylation is 1. The summed E-state index contributed by atoms with van der Waals surface area (Å²) in [5.41, 5.74) is 2.47. The van der Waals surface area contributed by atoms with Crippen LogP contribution < -0.4 is 20.3 Å². The molecule has 0 bridgehead atoms. The Morgan fingerprint density at radius 2 is 1.83 bits per heavy atom. The number of rotatable bonds is 6. The molecule has 152 valence electrons. The average Bonchev–Trinajstić information content (AvgIpc) is 2.73. The van der Waals surface area contributed by atoms with Gasteiger partial charge in [-0.3, -0.25) is 14.4 Å². The van der Waals surface area contributed by atoms with Crippen molar-refractivity contribution in [2.24, 2.45) is 0 Å². The van der Waals surface area contributed by atoms with Crippen molar-refractivity contribution in [2.75, 3.05) is 35.3 Å². The first-order valence-electron chi connectivity index (χ1n) is 9.20. The van der Waals surface area contributed by atoms with Crippen LogP contribution in [0.25, 0.3) is 0 Å². The first-order valence-corrected chi connectivity index (χ1v) is 10.4. The summed E-state index contributed by atoms with van der Waals surface area (Å²) in [6, 6.07) is 14.6. The fraction of sp³-hybridized carbons (Fsp3) is 0.286. The highest BCUT2D eigenvalue weighted by molar-refractivity contribution is 8.00. The van der Waals surface area contributed by atoms with Crippen molar-refractivity contribution in [3.8, 4) is 5.75 Å². The Morgan fingerprint density at radius 1 is 1.10 bits per heavy atom. The lowest BCUT2D eigenvalue weighted by atomic mass is 10.2. The highest BCUT2D eigenvalue weighted by atomic mass is 32.2. The van der Waals surface area contributed by atoms with Crippen LogP contribution in [0.4, 0.5) is 11.4 Å². The minimum atomic E-state index is -0.770. The van der Waals surface area contributed by atoms with Gasteiger partial charge in [0.2, 0.25) is 11.8 Å². The predicted octanol–water partition coefficient (Wildman–Crippen LogP) is 2.21. The summed E-state index contributed by atoms with van der Waals surface area (Å²) in [4.78, 5) is 38.4. The van der Waals surface area contributed by atoms with Crippen LogP contribution in [0.2, 0.25) is 0 Å². The second-order valence-electron chi connectivity index (χ2n) is 6.60. The lowest BCUT2D eigenvalue weighted by molar-refractivity contribution is -0.127. The fourth-order valence-corrected chi connectivity index (χ4v) is 3.60. The van der Waals surface area contributed by atoms with Gasteiger partial charge in [0.15, 0.2) is 6.10 Å². The SMILES string of the molecule is CNC(=O)[C@H]1CN(C(=O)CSCC(=O)Nc2ccc(C)cc2)c2ccccc2O1. The van der Waals surface area contributed by atoms with Gasteiger partial charge in [-0.15, -0.1) is 11.8 Å². The van der Waals surface area contributed by atoms with E-state index in [-0.39, 0.29) is 35.8 Å². The molecule has 2 aromatic carbocycles. The molecule has 1 aliphatic rings. The number of benzene rings is 2. The second-order valence-corrected chi connectivity index (χ2v) is 7.59. The molecule has 1 heterocycles. The highest BCUT2D eigenvalue weighted by Gasteiger charge is 2.33. The van der Waals surface area contributed by atoms with Gasteiger partial charge in [-0.1, -0.05) is 29.8 Å². The summed E-state index contributed by atoms with van der Waals surface area (Å²) >= 11 is 1.23. The van der Waals surface area contributed by atoms with Crippen molar-refractivity contribution in [1.29, 1.82) is 0 Å². The molecule has 1 aliphatic heterocycles. The molecular weight excluding hydrogens is 390 g/mol. The summed E-state index contributed by atoms with van der Waals surface area (Å²) in [7, 11) is 1.53. The number of ether oxygens (including phenoxy) is 1. The minimum Gasteiger partial charge on any atom is -0.477 e. The van der Waals surface area contributed by atoms with Gasteiger partial charge >= 0.3 is 0 Å². The summed E-state index contributed by atoms with van der Waals surface area (Å²) in [6.07, 6.45) is -0.770. The Balaban J connectivity index is 1.57. The van der Waals surface area contributed by atoms with E-state index in [0.717, 1.165) is 11.3 Å². The number of fused-ring (bicyclic) bond motifs is 1. The summed E-state index contributed by atoms with van der Waals surface area (Å²) in [5, 5.41) is 5.36. The molecule has 0 aliphatic carbocycles. The summed E-state index contributed by atoms with van der Waals surface area (Å²) in [6.45, 7) is 2.11. The van der Waals surface area contributed by atoms with Crippen molar-refractivity contribution in [2.45, 2.75) is 13.0 Å². The number of anilines is 2. The van der Waals surface area contributed by atoms with E-state index in [1.165, 1.54) is 18.8 Å². The molecule has 0 saturated heterocycles. The quantitative estimate of drug-likeness (QED) is 0.758. The maximum Gasteiger partial charge on any atom is 0.262 e. The molecule has 0 spiro atoms. The van der Waals surface area contributed by atoms with Crippen LogP contribution >= 0.6 is 11.8 Å². The third kappa shape index (κ3) is 5.29. The van der Waals surface area contributed by atoms with Gasteiger partial charge in [-0.2, -0.15) is 0 Å². The van der Waals surface area contributed by atoms with E-state index in [0.29, 0.717) is 11.4 Å². The van der Waals surface area contributed by atoms with Crippen LogP contribution in [0, 0.1) is 6.92 Å². The van der Waals surface area contributed by atoms with Crippen molar-refractivity contribution in [1.82, 2.24) is 5.32 Å². The van der Waals surface area contributed by atoms with Gasteiger partial charge in [0, 0.05) is 12.7 Å². The van der Waals surface area contributed by atoms with E-state index in [1.54, 1.807) is 23.1 Å². The van der Waals surface area contributed by atoms with Crippen LogP contribution in [0.1, 0.15) is 5.56 Å². The normalized spacial score (nSPS) is 15.1. The Bertz CT molecular complexity index is 901. The number of para-hydroxylation sites is 2. The topological polar surface area (TPSA) is 87.7 Å². The minimum absolute atomic E-state index is 0.121. The molecule has 0 saturated carbocycles. The highest BCUT2D eigenvalue weighted by Crippen LogP contribution is 2.33. The zero-order chi connectivity index (χ0) is 20.8. The summed E-state index contributed by atoms with van der Waals surface area (Å²) in [5.74, 6) is 0.130.